The Morgan fingerprint density at radius 1 is 1.00 bits per heavy atom. The molecule has 1 aromatic carbocycles. The second-order valence-electron chi connectivity index (χ2n) is 2.70. The molecule has 0 aliphatic heterocycles. The Balaban J connectivity index is 3.26. The van der Waals surface area contributed by atoms with Gasteiger partial charge in [0, 0.05) is 0 Å². The fraction of sp³-hybridized carbons (Fsp3) is 0. The number of carboxylic acid groups (broad SMARTS) is 2. The van der Waals surface area contributed by atoms with Gasteiger partial charge in [0.2, 0.25) is 0 Å². The summed E-state index contributed by atoms with van der Waals surface area (Å²) in [4.78, 5) is 21.1. The topological polar surface area (TPSA) is 74.6 Å². The number of hydrogen-bond acceptors (Lipinski definition) is 2. The molecule has 2 N–H and O–H groups in total. The van der Waals surface area contributed by atoms with Crippen LogP contribution in [0.15, 0.2) is 18.2 Å². The summed E-state index contributed by atoms with van der Waals surface area (Å²) in [5.41, 5.74) is 0.0646. The second kappa shape index (κ2) is 3.91. The van der Waals surface area contributed by atoms with Gasteiger partial charge in [-0.05, 0) is 0 Å². The van der Waals surface area contributed by atoms with Gasteiger partial charge in [0.15, 0.2) is 0 Å². The van der Waals surface area contributed by atoms with E-state index in [9.17, 15) is 9.59 Å². The van der Waals surface area contributed by atoms with Crippen molar-refractivity contribution >= 4 is 42.7 Å². The van der Waals surface area contributed by atoms with Crippen LogP contribution in [0, 0.1) is 0 Å². The van der Waals surface area contributed by atoms with E-state index in [1.807, 2.05) is 0 Å². The van der Waals surface area contributed by atoms with E-state index < -0.39 is 11.9 Å². The Labute approximate surface area is 91.6 Å². The van der Waals surface area contributed by atoms with Gasteiger partial charge in [-0.15, -0.1) is 0 Å². The number of rotatable bonds is 2. The summed E-state index contributed by atoms with van der Waals surface area (Å²) in [6.45, 7) is 0. The molecule has 0 saturated carbocycles. The van der Waals surface area contributed by atoms with Gasteiger partial charge in [0.1, 0.15) is 0 Å². The summed E-state index contributed by atoms with van der Waals surface area (Å²) in [7, 11) is 0. The first-order valence-corrected chi connectivity index (χ1v) is 4.59. The molecule has 0 unspecified atom stereocenters. The number of hydrogen-bond donors (Lipinski definition) is 2. The van der Waals surface area contributed by atoms with E-state index in [1.165, 1.54) is 12.1 Å². The van der Waals surface area contributed by atoms with Crippen LogP contribution in [-0.4, -0.2) is 50.1 Å². The molecular weight excluding hydrogens is 183 g/mol. The third kappa shape index (κ3) is 2.55. The van der Waals surface area contributed by atoms with Crippen LogP contribution in [0.25, 0.3) is 0 Å². The predicted octanol–water partition coefficient (Wildman–Crippen LogP) is -0.123. The number of carbonyl (C=O) groups is 2. The molecule has 1 aromatic rings. The van der Waals surface area contributed by atoms with Crippen molar-refractivity contribution in [2.24, 2.45) is 0 Å². The van der Waals surface area contributed by atoms with Crippen molar-refractivity contribution in [2.45, 2.75) is 0 Å². The third-order valence-corrected chi connectivity index (χ3v) is 2.15. The molecule has 0 amide bonds. The molecule has 4 nitrogen and oxygen atoms in total. The van der Waals surface area contributed by atoms with Crippen molar-refractivity contribution < 1.29 is 19.8 Å². The first-order chi connectivity index (χ1) is 6.00. The average Bonchev–Trinajstić information content (AvgIpc) is 2.03. The summed E-state index contributed by atoms with van der Waals surface area (Å²) in [5.74, 6) is -2.19. The van der Waals surface area contributed by atoms with Crippen molar-refractivity contribution in [1.82, 2.24) is 0 Å². The van der Waals surface area contributed by atoms with E-state index >= 15 is 0 Å². The van der Waals surface area contributed by atoms with Crippen LogP contribution in [0.1, 0.15) is 20.7 Å². The Morgan fingerprint density at radius 3 is 1.69 bits per heavy atom. The van der Waals surface area contributed by atoms with Crippen LogP contribution >= 0.6 is 0 Å². The molecular formula is C8H5NaO4. The zero-order valence-electron chi connectivity index (χ0n) is 6.94. The van der Waals surface area contributed by atoms with Crippen LogP contribution in [0.2, 0.25) is 0 Å². The zero-order valence-corrected chi connectivity index (χ0v) is 8.94. The van der Waals surface area contributed by atoms with Gasteiger partial charge < -0.3 is 0 Å². The Bertz CT molecular complexity index is 340. The van der Waals surface area contributed by atoms with E-state index in [0.717, 1.165) is 8.88 Å². The maximum absolute atomic E-state index is 10.6. The molecule has 0 aliphatic carbocycles. The molecule has 62 valence electrons. The Morgan fingerprint density at radius 2 is 1.38 bits per heavy atom. The first kappa shape index (κ1) is 10.2. The van der Waals surface area contributed by atoms with Crippen LogP contribution in [-0.2, 0) is 0 Å². The molecule has 0 atom stereocenters. The van der Waals surface area contributed by atoms with Crippen molar-refractivity contribution in [3.63, 3.8) is 0 Å². The Kier molecular flexibility index (Phi) is 3.08. The molecule has 0 spiro atoms. The fourth-order valence-corrected chi connectivity index (χ4v) is 1.65. The van der Waals surface area contributed by atoms with Crippen LogP contribution in [0.5, 0.6) is 0 Å². The number of aromatic carboxylic acids is 2. The van der Waals surface area contributed by atoms with E-state index in [-0.39, 0.29) is 11.1 Å². The van der Waals surface area contributed by atoms with Crippen LogP contribution in [0.4, 0.5) is 0 Å². The molecule has 0 radical (unpaired) electrons. The molecule has 0 heterocycles. The molecule has 0 aliphatic rings. The van der Waals surface area contributed by atoms with Gasteiger partial charge in [0.05, 0.1) is 0 Å². The van der Waals surface area contributed by atoms with Crippen LogP contribution < -0.4 is 2.81 Å². The second-order valence-corrected chi connectivity index (χ2v) is 3.85. The monoisotopic (exact) mass is 188 g/mol. The van der Waals surface area contributed by atoms with Gasteiger partial charge in [-0.2, -0.15) is 0 Å². The summed E-state index contributed by atoms with van der Waals surface area (Å²) in [6, 6.07) is 4.13. The van der Waals surface area contributed by atoms with Crippen molar-refractivity contribution in [2.75, 3.05) is 0 Å². The fourth-order valence-electron chi connectivity index (χ4n) is 1.03. The minimum atomic E-state index is -1.10. The number of benzene rings is 1. The van der Waals surface area contributed by atoms with Gasteiger partial charge in [0.25, 0.3) is 0 Å². The third-order valence-electron chi connectivity index (χ3n) is 1.57. The van der Waals surface area contributed by atoms with E-state index in [0.29, 0.717) is 27.9 Å². The normalized spacial score (nSPS) is 9.69. The van der Waals surface area contributed by atoms with Crippen LogP contribution in [0.3, 0.4) is 0 Å². The SMILES string of the molecule is O=C(O)c1c[c]([Na])cc(C(=O)O)c1. The van der Waals surface area contributed by atoms with E-state index in [4.69, 9.17) is 10.2 Å². The molecule has 5 heteroatoms. The Hall–Kier alpha value is -0.840. The predicted molar refractivity (Wildman–Crippen MR) is 45.7 cm³/mol. The quantitative estimate of drug-likeness (QED) is 0.634. The molecule has 0 aromatic heterocycles. The van der Waals surface area contributed by atoms with Crippen molar-refractivity contribution in [3.05, 3.63) is 29.3 Å². The molecule has 0 bridgehead atoms. The average molecular weight is 188 g/mol. The first-order valence-electron chi connectivity index (χ1n) is 3.59. The van der Waals surface area contributed by atoms with Crippen molar-refractivity contribution in [3.8, 4) is 0 Å². The standard InChI is InChI=1S/C8H5O4.Na/c9-7(10)5-2-1-3-6(4-5)8(11)12;/h2-4H,(H,9,10)(H,11,12);. The number of carboxylic acids is 2. The molecule has 1 rings (SSSR count). The van der Waals surface area contributed by atoms with Crippen molar-refractivity contribution in [1.29, 1.82) is 0 Å². The summed E-state index contributed by atoms with van der Waals surface area (Å²) in [6.07, 6.45) is 0. The zero-order chi connectivity index (χ0) is 10.0. The summed E-state index contributed by atoms with van der Waals surface area (Å²) in [5, 5.41) is 17.3. The maximum atomic E-state index is 10.6. The van der Waals surface area contributed by atoms with Gasteiger partial charge in [-0.1, -0.05) is 0 Å². The molecule has 13 heavy (non-hydrogen) atoms. The van der Waals surface area contributed by atoms with Gasteiger partial charge in [-0.25, -0.2) is 0 Å². The van der Waals surface area contributed by atoms with Gasteiger partial charge in [-0.3, -0.25) is 0 Å². The summed E-state index contributed by atoms with van der Waals surface area (Å²) < 4.78 is 0.761. The minimum absolute atomic E-state index is 0.0323. The molecule has 0 saturated heterocycles. The molecule has 0 fully saturated rings. The van der Waals surface area contributed by atoms with Gasteiger partial charge >= 0.3 is 91.8 Å². The summed E-state index contributed by atoms with van der Waals surface area (Å²) >= 11 is 0.636. The van der Waals surface area contributed by atoms with E-state index in [2.05, 4.69) is 0 Å². The van der Waals surface area contributed by atoms with E-state index in [1.54, 1.807) is 0 Å².